The Bertz CT molecular complexity index is 348. The number of benzene rings is 1. The molecule has 2 nitrogen and oxygen atoms in total. The molecule has 0 fully saturated rings. The van der Waals surface area contributed by atoms with Crippen LogP contribution in [0, 0.1) is 0 Å². The smallest absolute Gasteiger partial charge is 0.122 e. The van der Waals surface area contributed by atoms with E-state index in [-0.39, 0.29) is 0 Å². The number of methoxy groups -OCH3 is 1. The number of rotatable bonds is 5. The van der Waals surface area contributed by atoms with Crippen LogP contribution in [-0.2, 0) is 6.42 Å². The number of hydrogen-bond donors (Lipinski definition) is 1. The van der Waals surface area contributed by atoms with E-state index in [9.17, 15) is 5.11 Å². The van der Waals surface area contributed by atoms with Gasteiger partial charge in [0.2, 0.25) is 0 Å². The molecular formula is C13H19ClO2. The number of ether oxygens (including phenoxy) is 1. The van der Waals surface area contributed by atoms with Crippen molar-refractivity contribution in [1.82, 2.24) is 0 Å². The van der Waals surface area contributed by atoms with Crippen LogP contribution in [0.25, 0.3) is 0 Å². The first-order chi connectivity index (χ1) is 7.48. The van der Waals surface area contributed by atoms with Gasteiger partial charge >= 0.3 is 0 Å². The molecule has 0 saturated carbocycles. The first-order valence-electron chi connectivity index (χ1n) is 5.53. The predicted molar refractivity (Wildman–Crippen MR) is 67.2 cm³/mol. The van der Waals surface area contributed by atoms with Crippen LogP contribution in [0.4, 0.5) is 0 Å². The molecule has 3 heteroatoms. The number of aliphatic hydroxyl groups is 1. The highest BCUT2D eigenvalue weighted by molar-refractivity contribution is 6.30. The SMILES string of the molecule is CCCC(C)(O)Cc1cc(Cl)ccc1OC. The van der Waals surface area contributed by atoms with Crippen LogP contribution in [0.5, 0.6) is 5.75 Å². The standard InChI is InChI=1S/C13H19ClO2/c1-4-7-13(2,15)9-10-8-11(14)5-6-12(10)16-3/h5-6,8,15H,4,7,9H2,1-3H3. The number of hydrogen-bond acceptors (Lipinski definition) is 2. The molecule has 1 unspecified atom stereocenters. The second-order valence-electron chi connectivity index (χ2n) is 4.38. The van der Waals surface area contributed by atoms with E-state index in [1.54, 1.807) is 13.2 Å². The van der Waals surface area contributed by atoms with E-state index in [2.05, 4.69) is 6.92 Å². The average molecular weight is 243 g/mol. The van der Waals surface area contributed by atoms with Gasteiger partial charge in [-0.1, -0.05) is 24.9 Å². The fourth-order valence-corrected chi connectivity index (χ4v) is 2.12. The fourth-order valence-electron chi connectivity index (χ4n) is 1.92. The zero-order chi connectivity index (χ0) is 12.2. The van der Waals surface area contributed by atoms with Gasteiger partial charge in [0.1, 0.15) is 5.75 Å². The van der Waals surface area contributed by atoms with Gasteiger partial charge in [0.15, 0.2) is 0 Å². The highest BCUT2D eigenvalue weighted by Crippen LogP contribution is 2.28. The van der Waals surface area contributed by atoms with Gasteiger partial charge in [0.05, 0.1) is 12.7 Å². The Hall–Kier alpha value is -0.730. The highest BCUT2D eigenvalue weighted by atomic mass is 35.5. The Kier molecular flexibility index (Phi) is 4.63. The van der Waals surface area contributed by atoms with Crippen molar-refractivity contribution in [2.45, 2.75) is 38.7 Å². The molecule has 0 aliphatic heterocycles. The van der Waals surface area contributed by atoms with Gasteiger partial charge in [-0.15, -0.1) is 0 Å². The summed E-state index contributed by atoms with van der Waals surface area (Å²) in [7, 11) is 1.63. The van der Waals surface area contributed by atoms with Crippen molar-refractivity contribution in [3.05, 3.63) is 28.8 Å². The predicted octanol–water partition coefficient (Wildman–Crippen LogP) is 3.44. The van der Waals surface area contributed by atoms with Crippen LogP contribution in [0.3, 0.4) is 0 Å². The molecule has 1 rings (SSSR count). The largest absolute Gasteiger partial charge is 0.496 e. The van der Waals surface area contributed by atoms with Crippen molar-refractivity contribution < 1.29 is 9.84 Å². The van der Waals surface area contributed by atoms with Gasteiger partial charge < -0.3 is 9.84 Å². The lowest BCUT2D eigenvalue weighted by molar-refractivity contribution is 0.0499. The molecule has 1 aromatic rings. The lowest BCUT2D eigenvalue weighted by atomic mass is 9.92. The molecule has 0 saturated heterocycles. The molecule has 0 aliphatic rings. The van der Waals surface area contributed by atoms with Crippen LogP contribution in [-0.4, -0.2) is 17.8 Å². The summed E-state index contributed by atoms with van der Waals surface area (Å²) >= 11 is 5.94. The minimum atomic E-state index is -0.702. The molecule has 0 heterocycles. The maximum Gasteiger partial charge on any atom is 0.122 e. The number of halogens is 1. The molecule has 0 amide bonds. The van der Waals surface area contributed by atoms with Gasteiger partial charge in [-0.05, 0) is 37.1 Å². The van der Waals surface area contributed by atoms with E-state index < -0.39 is 5.60 Å². The molecule has 0 aliphatic carbocycles. The third-order valence-electron chi connectivity index (χ3n) is 2.60. The molecule has 1 aromatic carbocycles. The van der Waals surface area contributed by atoms with E-state index in [0.29, 0.717) is 11.4 Å². The molecule has 16 heavy (non-hydrogen) atoms. The molecule has 0 radical (unpaired) electrons. The van der Waals surface area contributed by atoms with Crippen LogP contribution in [0.15, 0.2) is 18.2 Å². The lowest BCUT2D eigenvalue weighted by Gasteiger charge is -2.23. The molecule has 90 valence electrons. The molecular weight excluding hydrogens is 224 g/mol. The van der Waals surface area contributed by atoms with Gasteiger partial charge in [-0.2, -0.15) is 0 Å². The van der Waals surface area contributed by atoms with E-state index >= 15 is 0 Å². The zero-order valence-corrected chi connectivity index (χ0v) is 10.8. The third kappa shape index (κ3) is 3.69. The highest BCUT2D eigenvalue weighted by Gasteiger charge is 2.21. The maximum atomic E-state index is 10.2. The summed E-state index contributed by atoms with van der Waals surface area (Å²) in [5, 5.41) is 10.8. The average Bonchev–Trinajstić information content (AvgIpc) is 2.17. The van der Waals surface area contributed by atoms with E-state index in [0.717, 1.165) is 24.2 Å². The first-order valence-corrected chi connectivity index (χ1v) is 5.91. The Balaban J connectivity index is 2.90. The lowest BCUT2D eigenvalue weighted by Crippen LogP contribution is -2.26. The first kappa shape index (κ1) is 13.3. The van der Waals surface area contributed by atoms with E-state index in [1.807, 2.05) is 19.1 Å². The fraction of sp³-hybridized carbons (Fsp3) is 0.538. The van der Waals surface area contributed by atoms with Gasteiger partial charge in [-0.25, -0.2) is 0 Å². The van der Waals surface area contributed by atoms with Gasteiger partial charge in [-0.3, -0.25) is 0 Å². The Morgan fingerprint density at radius 3 is 2.69 bits per heavy atom. The van der Waals surface area contributed by atoms with Crippen LogP contribution in [0.1, 0.15) is 32.3 Å². The molecule has 0 spiro atoms. The van der Waals surface area contributed by atoms with Gasteiger partial charge in [0, 0.05) is 11.4 Å². The molecule has 1 N–H and O–H groups in total. The zero-order valence-electron chi connectivity index (χ0n) is 10.1. The molecule has 1 atom stereocenters. The Morgan fingerprint density at radius 1 is 1.44 bits per heavy atom. The topological polar surface area (TPSA) is 29.5 Å². The Morgan fingerprint density at radius 2 is 2.12 bits per heavy atom. The quantitative estimate of drug-likeness (QED) is 0.857. The van der Waals surface area contributed by atoms with Crippen molar-refractivity contribution in [3.63, 3.8) is 0 Å². The third-order valence-corrected chi connectivity index (χ3v) is 2.84. The molecule has 0 bridgehead atoms. The van der Waals surface area contributed by atoms with Crippen LogP contribution < -0.4 is 4.74 Å². The summed E-state index contributed by atoms with van der Waals surface area (Å²) in [5.74, 6) is 0.778. The summed E-state index contributed by atoms with van der Waals surface area (Å²) in [5.41, 5.74) is 0.251. The van der Waals surface area contributed by atoms with Crippen molar-refractivity contribution in [3.8, 4) is 5.75 Å². The normalized spacial score (nSPS) is 14.6. The summed E-state index contributed by atoms with van der Waals surface area (Å²) in [6.07, 6.45) is 2.28. The second-order valence-corrected chi connectivity index (χ2v) is 4.82. The van der Waals surface area contributed by atoms with Crippen molar-refractivity contribution in [1.29, 1.82) is 0 Å². The van der Waals surface area contributed by atoms with Crippen LogP contribution >= 0.6 is 11.6 Å². The van der Waals surface area contributed by atoms with E-state index in [1.165, 1.54) is 0 Å². The summed E-state index contributed by atoms with van der Waals surface area (Å²) < 4.78 is 5.25. The monoisotopic (exact) mass is 242 g/mol. The van der Waals surface area contributed by atoms with Crippen molar-refractivity contribution >= 4 is 11.6 Å². The minimum Gasteiger partial charge on any atom is -0.496 e. The second kappa shape index (κ2) is 5.55. The molecule has 0 aromatic heterocycles. The van der Waals surface area contributed by atoms with Crippen molar-refractivity contribution in [2.75, 3.05) is 7.11 Å². The van der Waals surface area contributed by atoms with Crippen LogP contribution in [0.2, 0.25) is 5.02 Å². The Labute approximate surface area is 102 Å². The summed E-state index contributed by atoms with van der Waals surface area (Å²) in [4.78, 5) is 0. The minimum absolute atomic E-state index is 0.560. The summed E-state index contributed by atoms with van der Waals surface area (Å²) in [6, 6.07) is 5.47. The van der Waals surface area contributed by atoms with E-state index in [4.69, 9.17) is 16.3 Å². The maximum absolute atomic E-state index is 10.2. The van der Waals surface area contributed by atoms with Gasteiger partial charge in [0.25, 0.3) is 0 Å². The summed E-state index contributed by atoms with van der Waals surface area (Å²) in [6.45, 7) is 3.90. The van der Waals surface area contributed by atoms with Crippen molar-refractivity contribution in [2.24, 2.45) is 0 Å².